The van der Waals surface area contributed by atoms with Crippen LogP contribution in [0.25, 0.3) is 0 Å². The van der Waals surface area contributed by atoms with Gasteiger partial charge in [-0.15, -0.1) is 0 Å². The van der Waals surface area contributed by atoms with E-state index in [0.29, 0.717) is 29.9 Å². The summed E-state index contributed by atoms with van der Waals surface area (Å²) in [4.78, 5) is 10.5. The Morgan fingerprint density at radius 2 is 2.20 bits per heavy atom. The Hall–Kier alpha value is -1.38. The summed E-state index contributed by atoms with van der Waals surface area (Å²) in [6, 6.07) is 3.37. The van der Waals surface area contributed by atoms with E-state index in [1.165, 1.54) is 0 Å². The van der Waals surface area contributed by atoms with Crippen LogP contribution in [0, 0.1) is 10.1 Å². The summed E-state index contributed by atoms with van der Waals surface area (Å²) in [6.45, 7) is 1.60. The van der Waals surface area contributed by atoms with Gasteiger partial charge in [-0.2, -0.15) is 0 Å². The number of anilines is 2. The number of nitrogens with zero attached hydrogens (tertiary/aromatic N) is 1. The maximum absolute atomic E-state index is 11.0. The first kappa shape index (κ1) is 16.7. The maximum Gasteiger partial charge on any atom is 0.306 e. The molecule has 0 atom stereocenters. The molecule has 0 unspecified atom stereocenters. The summed E-state index contributed by atoms with van der Waals surface area (Å²) in [7, 11) is 1.64. The molecule has 0 heterocycles. The minimum Gasteiger partial charge on any atom is -0.394 e. The molecule has 0 fully saturated rings. The summed E-state index contributed by atoms with van der Waals surface area (Å²) < 4.78 is 5.56. The van der Waals surface area contributed by atoms with Crippen LogP contribution in [-0.4, -0.2) is 43.4 Å². The summed E-state index contributed by atoms with van der Waals surface area (Å²) >= 11 is 3.21. The molecule has 0 aliphatic rings. The molecule has 8 heteroatoms. The highest BCUT2D eigenvalue weighted by Crippen LogP contribution is 2.35. The van der Waals surface area contributed by atoms with Gasteiger partial charge < -0.3 is 20.5 Å². The number of nitro benzene ring substituents is 1. The Bertz CT molecular complexity index is 457. The Morgan fingerprint density at radius 1 is 1.45 bits per heavy atom. The van der Waals surface area contributed by atoms with Gasteiger partial charge in [-0.05, 0) is 34.5 Å². The van der Waals surface area contributed by atoms with Crippen molar-refractivity contribution in [2.24, 2.45) is 0 Å². The standard InChI is InChI=1S/C12H18BrN3O4/c1-14-11-8-9(7-10(13)12(11)16(18)19)15-3-2-5-20-6-4-17/h7-8,14-15,17H,2-6H2,1H3. The molecule has 0 radical (unpaired) electrons. The third-order valence-electron chi connectivity index (χ3n) is 2.55. The number of ether oxygens (including phenoxy) is 1. The van der Waals surface area contributed by atoms with Crippen LogP contribution in [0.15, 0.2) is 16.6 Å². The smallest absolute Gasteiger partial charge is 0.306 e. The van der Waals surface area contributed by atoms with Gasteiger partial charge in [0.05, 0.1) is 22.6 Å². The molecule has 0 aliphatic heterocycles. The third-order valence-corrected chi connectivity index (χ3v) is 3.15. The van der Waals surface area contributed by atoms with Gasteiger partial charge in [0, 0.05) is 25.9 Å². The van der Waals surface area contributed by atoms with E-state index < -0.39 is 4.92 Å². The van der Waals surface area contributed by atoms with E-state index in [-0.39, 0.29) is 12.3 Å². The van der Waals surface area contributed by atoms with E-state index in [1.807, 2.05) is 0 Å². The average molecular weight is 348 g/mol. The molecule has 0 bridgehead atoms. The lowest BCUT2D eigenvalue weighted by molar-refractivity contribution is -0.384. The number of hydrogen-bond acceptors (Lipinski definition) is 6. The number of rotatable bonds is 9. The molecule has 0 amide bonds. The molecule has 112 valence electrons. The van der Waals surface area contributed by atoms with Gasteiger partial charge >= 0.3 is 5.69 Å². The van der Waals surface area contributed by atoms with Crippen molar-refractivity contribution in [1.29, 1.82) is 0 Å². The second-order valence-corrected chi connectivity index (χ2v) is 4.83. The molecule has 0 saturated carbocycles. The lowest BCUT2D eigenvalue weighted by atomic mass is 10.2. The average Bonchev–Trinajstić information content (AvgIpc) is 2.41. The second-order valence-electron chi connectivity index (χ2n) is 3.98. The molecule has 20 heavy (non-hydrogen) atoms. The van der Waals surface area contributed by atoms with Crippen molar-refractivity contribution in [3.8, 4) is 0 Å². The highest BCUT2D eigenvalue weighted by Gasteiger charge is 2.18. The third kappa shape index (κ3) is 4.95. The van der Waals surface area contributed by atoms with E-state index in [9.17, 15) is 10.1 Å². The predicted molar refractivity (Wildman–Crippen MR) is 81.4 cm³/mol. The molecule has 0 aromatic heterocycles. The van der Waals surface area contributed by atoms with Gasteiger partial charge in [0.15, 0.2) is 0 Å². The summed E-state index contributed by atoms with van der Waals surface area (Å²) in [5.41, 5.74) is 1.25. The van der Waals surface area contributed by atoms with Gasteiger partial charge in [-0.25, -0.2) is 0 Å². The Kier molecular flexibility index (Phi) is 7.27. The van der Waals surface area contributed by atoms with Crippen LogP contribution >= 0.6 is 15.9 Å². The molecule has 1 aromatic rings. The lowest BCUT2D eigenvalue weighted by Crippen LogP contribution is -2.08. The SMILES string of the molecule is CNc1cc(NCCCOCCO)cc(Br)c1[N+](=O)[O-]. The Labute approximate surface area is 125 Å². The van der Waals surface area contributed by atoms with Gasteiger partial charge in [0.2, 0.25) is 0 Å². The minimum atomic E-state index is -0.428. The quantitative estimate of drug-likeness (QED) is 0.360. The van der Waals surface area contributed by atoms with Crippen molar-refractivity contribution < 1.29 is 14.8 Å². The number of aliphatic hydroxyl groups excluding tert-OH is 1. The predicted octanol–water partition coefficient (Wildman–Crippen LogP) is 2.21. The van der Waals surface area contributed by atoms with Gasteiger partial charge in [-0.3, -0.25) is 10.1 Å². The largest absolute Gasteiger partial charge is 0.394 e. The van der Waals surface area contributed by atoms with Crippen molar-refractivity contribution >= 4 is 33.0 Å². The van der Waals surface area contributed by atoms with Gasteiger partial charge in [0.25, 0.3) is 0 Å². The fourth-order valence-corrected chi connectivity index (χ4v) is 2.26. The molecule has 7 nitrogen and oxygen atoms in total. The van der Waals surface area contributed by atoms with Crippen molar-refractivity contribution in [3.05, 3.63) is 26.7 Å². The van der Waals surface area contributed by atoms with E-state index in [0.717, 1.165) is 12.1 Å². The first-order chi connectivity index (χ1) is 9.60. The summed E-state index contributed by atoms with van der Waals surface area (Å²) in [6.07, 6.45) is 0.781. The van der Waals surface area contributed by atoms with Crippen LogP contribution in [0.3, 0.4) is 0 Å². The van der Waals surface area contributed by atoms with Crippen molar-refractivity contribution in [2.75, 3.05) is 44.0 Å². The highest BCUT2D eigenvalue weighted by atomic mass is 79.9. The number of halogens is 1. The number of nitrogens with one attached hydrogen (secondary N) is 2. The first-order valence-corrected chi connectivity index (χ1v) is 6.97. The fourth-order valence-electron chi connectivity index (χ4n) is 1.65. The number of benzene rings is 1. The molecular formula is C12H18BrN3O4. The zero-order chi connectivity index (χ0) is 15.0. The maximum atomic E-state index is 11.0. The van der Waals surface area contributed by atoms with Gasteiger partial charge in [-0.1, -0.05) is 0 Å². The van der Waals surface area contributed by atoms with Crippen LogP contribution in [0.5, 0.6) is 0 Å². The van der Waals surface area contributed by atoms with Crippen molar-refractivity contribution in [3.63, 3.8) is 0 Å². The molecule has 0 saturated heterocycles. The second kappa shape index (κ2) is 8.72. The lowest BCUT2D eigenvalue weighted by Gasteiger charge is -2.10. The monoisotopic (exact) mass is 347 g/mol. The topological polar surface area (TPSA) is 96.7 Å². The van der Waals surface area contributed by atoms with E-state index in [4.69, 9.17) is 9.84 Å². The number of nitro groups is 1. The zero-order valence-electron chi connectivity index (χ0n) is 11.2. The van der Waals surface area contributed by atoms with E-state index >= 15 is 0 Å². The molecule has 0 aliphatic carbocycles. The molecule has 0 spiro atoms. The van der Waals surface area contributed by atoms with E-state index in [2.05, 4.69) is 26.6 Å². The van der Waals surface area contributed by atoms with Crippen LogP contribution in [0.4, 0.5) is 17.1 Å². The summed E-state index contributed by atoms with van der Waals surface area (Å²) in [5, 5.41) is 25.5. The van der Waals surface area contributed by atoms with Gasteiger partial charge in [0.1, 0.15) is 5.69 Å². The normalized spacial score (nSPS) is 10.3. The van der Waals surface area contributed by atoms with Crippen LogP contribution in [0.2, 0.25) is 0 Å². The number of hydrogen-bond donors (Lipinski definition) is 3. The highest BCUT2D eigenvalue weighted by molar-refractivity contribution is 9.10. The van der Waals surface area contributed by atoms with E-state index in [1.54, 1.807) is 19.2 Å². The van der Waals surface area contributed by atoms with Crippen LogP contribution < -0.4 is 10.6 Å². The van der Waals surface area contributed by atoms with Crippen molar-refractivity contribution in [1.82, 2.24) is 0 Å². The summed E-state index contributed by atoms with van der Waals surface area (Å²) in [5.74, 6) is 0. The van der Waals surface area contributed by atoms with Crippen LogP contribution in [-0.2, 0) is 4.74 Å². The number of aliphatic hydroxyl groups is 1. The minimum absolute atomic E-state index is 0.0179. The zero-order valence-corrected chi connectivity index (χ0v) is 12.8. The Balaban J connectivity index is 2.59. The first-order valence-electron chi connectivity index (χ1n) is 6.18. The molecule has 1 aromatic carbocycles. The van der Waals surface area contributed by atoms with Crippen LogP contribution in [0.1, 0.15) is 6.42 Å². The molecule has 3 N–H and O–H groups in total. The molecular weight excluding hydrogens is 330 g/mol. The Morgan fingerprint density at radius 3 is 2.80 bits per heavy atom. The molecule has 1 rings (SSSR count). The fraction of sp³-hybridized carbons (Fsp3) is 0.500. The van der Waals surface area contributed by atoms with Crippen molar-refractivity contribution in [2.45, 2.75) is 6.42 Å².